The van der Waals surface area contributed by atoms with Gasteiger partial charge in [-0.3, -0.25) is 0 Å². The molecule has 0 aliphatic carbocycles. The number of hydrogen-bond donors (Lipinski definition) is 1. The SMILES string of the molecule is [N-]=[N+]=C(Cc1ccc2c(c1)OCO2)C(=O)O. The Morgan fingerprint density at radius 2 is 2.19 bits per heavy atom. The van der Waals surface area contributed by atoms with E-state index >= 15 is 0 Å². The molecule has 0 radical (unpaired) electrons. The highest BCUT2D eigenvalue weighted by Gasteiger charge is 2.21. The van der Waals surface area contributed by atoms with Crippen molar-refractivity contribution in [3.05, 3.63) is 29.3 Å². The number of nitrogens with zero attached hydrogens (tertiary/aromatic N) is 2. The third kappa shape index (κ3) is 1.87. The predicted octanol–water partition coefficient (Wildman–Crippen LogP) is 0.713. The van der Waals surface area contributed by atoms with Crippen LogP contribution in [0, 0.1) is 0 Å². The highest BCUT2D eigenvalue weighted by Crippen LogP contribution is 2.32. The molecular weight excluding hydrogens is 212 g/mol. The van der Waals surface area contributed by atoms with Crippen LogP contribution < -0.4 is 9.47 Å². The Hall–Kier alpha value is -2.33. The van der Waals surface area contributed by atoms with Gasteiger partial charge in [-0.05, 0) is 17.7 Å². The first-order chi connectivity index (χ1) is 7.70. The molecule has 1 heterocycles. The van der Waals surface area contributed by atoms with E-state index in [1.165, 1.54) is 0 Å². The number of fused-ring (bicyclic) bond motifs is 1. The van der Waals surface area contributed by atoms with Gasteiger partial charge in [0.25, 0.3) is 0 Å². The van der Waals surface area contributed by atoms with Gasteiger partial charge in [0.1, 0.15) is 0 Å². The molecule has 0 saturated heterocycles. The minimum absolute atomic E-state index is 0.0302. The van der Waals surface area contributed by atoms with Gasteiger partial charge >= 0.3 is 11.7 Å². The van der Waals surface area contributed by atoms with Crippen LogP contribution in [0.5, 0.6) is 11.5 Å². The van der Waals surface area contributed by atoms with Gasteiger partial charge in [-0.15, -0.1) is 0 Å². The summed E-state index contributed by atoms with van der Waals surface area (Å²) in [5.74, 6) is -0.0538. The molecule has 0 spiro atoms. The van der Waals surface area contributed by atoms with E-state index < -0.39 is 5.97 Å². The van der Waals surface area contributed by atoms with Crippen molar-refractivity contribution in [3.8, 4) is 11.5 Å². The summed E-state index contributed by atoms with van der Waals surface area (Å²) in [4.78, 5) is 13.3. The lowest BCUT2D eigenvalue weighted by molar-refractivity contribution is -0.134. The minimum atomic E-state index is -1.25. The maximum Gasteiger partial charge on any atom is 0.414 e. The second-order valence-electron chi connectivity index (χ2n) is 3.22. The summed E-state index contributed by atoms with van der Waals surface area (Å²) < 4.78 is 10.3. The fraction of sp³-hybridized carbons (Fsp3) is 0.200. The van der Waals surface area contributed by atoms with Crippen LogP contribution in [0.3, 0.4) is 0 Å². The third-order valence-electron chi connectivity index (χ3n) is 2.18. The lowest BCUT2D eigenvalue weighted by atomic mass is 10.1. The summed E-state index contributed by atoms with van der Waals surface area (Å²) in [7, 11) is 0. The van der Waals surface area contributed by atoms with Crippen LogP contribution in [-0.4, -0.2) is 28.4 Å². The molecule has 0 aromatic heterocycles. The van der Waals surface area contributed by atoms with Crippen molar-refractivity contribution in [1.29, 1.82) is 0 Å². The van der Waals surface area contributed by atoms with Gasteiger partial charge in [0, 0.05) is 0 Å². The van der Waals surface area contributed by atoms with E-state index in [0.29, 0.717) is 17.1 Å². The number of rotatable bonds is 3. The van der Waals surface area contributed by atoms with E-state index in [9.17, 15) is 4.79 Å². The Morgan fingerprint density at radius 3 is 2.88 bits per heavy atom. The van der Waals surface area contributed by atoms with Crippen LogP contribution >= 0.6 is 0 Å². The van der Waals surface area contributed by atoms with E-state index in [0.717, 1.165) is 0 Å². The van der Waals surface area contributed by atoms with Crippen molar-refractivity contribution in [2.75, 3.05) is 6.79 Å². The molecule has 1 aliphatic heterocycles. The first-order valence-electron chi connectivity index (χ1n) is 4.53. The smallest absolute Gasteiger partial charge is 0.414 e. The van der Waals surface area contributed by atoms with Gasteiger partial charge < -0.3 is 20.1 Å². The zero-order valence-electron chi connectivity index (χ0n) is 8.21. The second-order valence-corrected chi connectivity index (χ2v) is 3.22. The maximum absolute atomic E-state index is 10.6. The number of carboxylic acid groups (broad SMARTS) is 1. The fourth-order valence-corrected chi connectivity index (χ4v) is 1.40. The second kappa shape index (κ2) is 4.04. The molecule has 6 nitrogen and oxygen atoms in total. The Kier molecular flexibility index (Phi) is 2.57. The van der Waals surface area contributed by atoms with E-state index in [1.807, 2.05) is 0 Å². The van der Waals surface area contributed by atoms with Crippen molar-refractivity contribution in [2.45, 2.75) is 6.42 Å². The number of carbonyl (C=O) groups is 1. The number of ether oxygens (including phenoxy) is 2. The summed E-state index contributed by atoms with van der Waals surface area (Å²) in [5.41, 5.74) is 8.86. The average Bonchev–Trinajstić information content (AvgIpc) is 2.72. The maximum atomic E-state index is 10.6. The van der Waals surface area contributed by atoms with Gasteiger partial charge in [-0.25, -0.2) is 4.79 Å². The zero-order chi connectivity index (χ0) is 11.5. The van der Waals surface area contributed by atoms with Crippen molar-refractivity contribution < 1.29 is 24.2 Å². The van der Waals surface area contributed by atoms with Crippen molar-refractivity contribution in [1.82, 2.24) is 0 Å². The molecule has 0 fully saturated rings. The number of hydrogen-bond acceptors (Lipinski definition) is 3. The molecule has 1 aromatic carbocycles. The van der Waals surface area contributed by atoms with Crippen LogP contribution in [-0.2, 0) is 11.2 Å². The standard InChI is InChI=1S/C10H8N2O4/c11-12-7(10(13)14)3-6-1-2-8-9(4-6)16-5-15-8/h1-2,4H,3,5H2,(H,13,14). The number of aliphatic carboxylic acids is 1. The van der Waals surface area contributed by atoms with E-state index in [1.54, 1.807) is 18.2 Å². The number of carboxylic acids is 1. The molecule has 1 aliphatic rings. The number of benzene rings is 1. The van der Waals surface area contributed by atoms with Gasteiger partial charge in [0.2, 0.25) is 6.79 Å². The van der Waals surface area contributed by atoms with Gasteiger partial charge in [0.05, 0.1) is 6.42 Å². The molecule has 0 unspecified atom stereocenters. The van der Waals surface area contributed by atoms with Gasteiger partial charge in [0.15, 0.2) is 11.5 Å². The zero-order valence-corrected chi connectivity index (χ0v) is 8.21. The van der Waals surface area contributed by atoms with Crippen LogP contribution in [0.4, 0.5) is 0 Å². The molecule has 0 bridgehead atoms. The highest BCUT2D eigenvalue weighted by atomic mass is 16.7. The summed E-state index contributed by atoms with van der Waals surface area (Å²) >= 11 is 0. The lowest BCUT2D eigenvalue weighted by Gasteiger charge is -1.98. The monoisotopic (exact) mass is 220 g/mol. The molecule has 16 heavy (non-hydrogen) atoms. The third-order valence-corrected chi connectivity index (χ3v) is 2.18. The first-order valence-corrected chi connectivity index (χ1v) is 4.53. The lowest BCUT2D eigenvalue weighted by Crippen LogP contribution is -2.16. The van der Waals surface area contributed by atoms with Gasteiger partial charge in [-0.1, -0.05) is 6.07 Å². The first kappa shape index (κ1) is 10.2. The summed E-state index contributed by atoms with van der Waals surface area (Å²) in [6, 6.07) is 5.05. The van der Waals surface area contributed by atoms with Gasteiger partial charge in [-0.2, -0.15) is 4.79 Å². The fourth-order valence-electron chi connectivity index (χ4n) is 1.40. The summed E-state index contributed by atoms with van der Waals surface area (Å²) in [5, 5.41) is 8.68. The van der Waals surface area contributed by atoms with Crippen LogP contribution in [0.2, 0.25) is 0 Å². The molecule has 2 rings (SSSR count). The molecule has 6 heteroatoms. The predicted molar refractivity (Wildman–Crippen MR) is 52.5 cm³/mol. The Morgan fingerprint density at radius 1 is 1.44 bits per heavy atom. The molecule has 1 aromatic rings. The Labute approximate surface area is 90.7 Å². The molecule has 0 saturated carbocycles. The highest BCUT2D eigenvalue weighted by molar-refractivity contribution is 6.33. The summed E-state index contributed by atoms with van der Waals surface area (Å²) in [6.07, 6.45) is 0.0302. The largest absolute Gasteiger partial charge is 0.473 e. The molecular formula is C10H8N2O4. The normalized spacial score (nSPS) is 12.0. The molecule has 82 valence electrons. The van der Waals surface area contributed by atoms with Crippen LogP contribution in [0.15, 0.2) is 18.2 Å². The van der Waals surface area contributed by atoms with Crippen LogP contribution in [0.25, 0.3) is 5.53 Å². The molecule has 0 atom stereocenters. The van der Waals surface area contributed by atoms with Crippen LogP contribution in [0.1, 0.15) is 5.56 Å². The topological polar surface area (TPSA) is 92.2 Å². The average molecular weight is 220 g/mol. The quantitative estimate of drug-likeness (QED) is 0.461. The summed E-state index contributed by atoms with van der Waals surface area (Å²) in [6.45, 7) is 0.165. The molecule has 0 amide bonds. The van der Waals surface area contributed by atoms with Crippen molar-refractivity contribution in [3.63, 3.8) is 0 Å². The van der Waals surface area contributed by atoms with Crippen molar-refractivity contribution >= 4 is 11.7 Å². The minimum Gasteiger partial charge on any atom is -0.473 e. The van der Waals surface area contributed by atoms with E-state index in [-0.39, 0.29) is 18.9 Å². The van der Waals surface area contributed by atoms with E-state index in [4.69, 9.17) is 20.1 Å². The molecule has 1 N–H and O–H groups in total. The Bertz CT molecular complexity index is 492. The Balaban J connectivity index is 2.23. The van der Waals surface area contributed by atoms with Crippen molar-refractivity contribution in [2.24, 2.45) is 0 Å². The van der Waals surface area contributed by atoms with E-state index in [2.05, 4.69) is 4.79 Å².